The topological polar surface area (TPSA) is 84.5 Å². The van der Waals surface area contributed by atoms with E-state index in [1.54, 1.807) is 24.7 Å². The van der Waals surface area contributed by atoms with Gasteiger partial charge in [-0.3, -0.25) is 9.59 Å². The van der Waals surface area contributed by atoms with Crippen molar-refractivity contribution < 1.29 is 18.4 Å². The van der Waals surface area contributed by atoms with Gasteiger partial charge in [0.2, 0.25) is 0 Å². The van der Waals surface area contributed by atoms with Crippen molar-refractivity contribution in [2.24, 2.45) is 0 Å². The molecule has 0 unspecified atom stereocenters. The second kappa shape index (κ2) is 8.00. The maximum absolute atomic E-state index is 11.3. The molecule has 0 bridgehead atoms. The fourth-order valence-corrected chi connectivity index (χ4v) is 3.11. The van der Waals surface area contributed by atoms with E-state index in [4.69, 9.17) is 8.83 Å². The highest BCUT2D eigenvalue weighted by Gasteiger charge is 2.11. The normalized spacial score (nSPS) is 10.4. The predicted octanol–water partition coefficient (Wildman–Crippen LogP) is 5.35. The Hall–Kier alpha value is -3.54. The van der Waals surface area contributed by atoms with Crippen molar-refractivity contribution in [3.05, 3.63) is 60.1 Å². The van der Waals surface area contributed by atoms with Gasteiger partial charge in [0.15, 0.2) is 11.6 Å². The predicted molar refractivity (Wildman–Crippen MR) is 112 cm³/mol. The maximum Gasteiger partial charge on any atom is 0.163 e. The van der Waals surface area contributed by atoms with Crippen molar-refractivity contribution >= 4 is 44.9 Å². The first-order chi connectivity index (χ1) is 13.5. The van der Waals surface area contributed by atoms with Gasteiger partial charge in [0, 0.05) is 36.2 Å². The molecule has 6 nitrogen and oxygen atoms in total. The Morgan fingerprint density at radius 3 is 1.39 bits per heavy atom. The summed E-state index contributed by atoms with van der Waals surface area (Å²) >= 11 is 0. The molecule has 0 aliphatic rings. The summed E-state index contributed by atoms with van der Waals surface area (Å²) in [4.78, 5) is 22.6. The molecule has 4 rings (SSSR count). The number of carbonyl (C=O) groups is 2. The number of hydrogen-bond acceptors (Lipinski definition) is 6. The van der Waals surface area contributed by atoms with Gasteiger partial charge in [-0.25, -0.2) is 0 Å². The number of nitrogens with one attached hydrogen (secondary N) is 2. The molecule has 0 atom stereocenters. The molecule has 2 N–H and O–H groups in total. The largest absolute Gasteiger partial charge is 0.463 e. The summed E-state index contributed by atoms with van der Waals surface area (Å²) < 4.78 is 10.6. The van der Waals surface area contributed by atoms with Gasteiger partial charge in [-0.15, -0.1) is 0 Å². The van der Waals surface area contributed by atoms with Crippen LogP contribution < -0.4 is 10.6 Å². The molecule has 0 saturated carbocycles. The zero-order valence-electron chi connectivity index (χ0n) is 16.3. The monoisotopic (exact) mass is 378 g/mol. The first-order valence-electron chi connectivity index (χ1n) is 8.85. The number of benzene rings is 2. The van der Waals surface area contributed by atoms with Crippen molar-refractivity contribution in [3.8, 4) is 0 Å². The zero-order valence-corrected chi connectivity index (χ0v) is 16.3. The molecule has 0 aliphatic carbocycles. The van der Waals surface area contributed by atoms with Crippen molar-refractivity contribution in [2.45, 2.75) is 13.8 Å². The lowest BCUT2D eigenvalue weighted by Gasteiger charge is -2.03. The molecule has 144 valence electrons. The van der Waals surface area contributed by atoms with E-state index in [1.165, 1.54) is 13.8 Å². The minimum atomic E-state index is 0.0209. The Morgan fingerprint density at radius 1 is 0.679 bits per heavy atom. The third-order valence-electron chi connectivity index (χ3n) is 4.53. The number of anilines is 2. The third-order valence-corrected chi connectivity index (χ3v) is 4.53. The quantitative estimate of drug-likeness (QED) is 0.465. The van der Waals surface area contributed by atoms with E-state index in [0.29, 0.717) is 22.3 Å². The molecular formula is C22H22N2O4. The third kappa shape index (κ3) is 3.49. The van der Waals surface area contributed by atoms with Gasteiger partial charge in [0.05, 0.1) is 23.7 Å². The van der Waals surface area contributed by atoms with Gasteiger partial charge in [-0.2, -0.15) is 0 Å². The summed E-state index contributed by atoms with van der Waals surface area (Å²) in [5.41, 5.74) is 4.51. The average Bonchev–Trinajstić information content (AvgIpc) is 3.36. The van der Waals surface area contributed by atoms with Crippen LogP contribution in [0.1, 0.15) is 34.6 Å². The van der Waals surface area contributed by atoms with Crippen LogP contribution in [0.15, 0.2) is 57.8 Å². The van der Waals surface area contributed by atoms with E-state index in [9.17, 15) is 9.59 Å². The van der Waals surface area contributed by atoms with Gasteiger partial charge in [0.25, 0.3) is 0 Å². The second-order valence-corrected chi connectivity index (χ2v) is 6.26. The molecule has 0 saturated heterocycles. The number of hydrogen-bond donors (Lipinski definition) is 2. The van der Waals surface area contributed by atoms with E-state index in [2.05, 4.69) is 10.6 Å². The van der Waals surface area contributed by atoms with Gasteiger partial charge in [-0.1, -0.05) is 0 Å². The maximum atomic E-state index is 11.3. The molecule has 0 fully saturated rings. The van der Waals surface area contributed by atoms with Gasteiger partial charge < -0.3 is 19.5 Å². The summed E-state index contributed by atoms with van der Waals surface area (Å²) in [5.74, 6) is 0.0419. The molecule has 28 heavy (non-hydrogen) atoms. The molecule has 6 heteroatoms. The fraction of sp³-hybridized carbons (Fsp3) is 0.182. The number of fused-ring (bicyclic) bond motifs is 2. The lowest BCUT2D eigenvalue weighted by Crippen LogP contribution is -1.95. The van der Waals surface area contributed by atoms with Gasteiger partial charge in [-0.05, 0) is 50.2 Å². The van der Waals surface area contributed by atoms with Crippen LogP contribution in [0.5, 0.6) is 0 Å². The SMILES string of the molecule is CNc1ccc(C(C)=O)c2occc12.CNc1ccc(C(C)=O)c2occc12. The van der Waals surface area contributed by atoms with Crippen LogP contribution in [-0.2, 0) is 0 Å². The van der Waals surface area contributed by atoms with Crippen molar-refractivity contribution in [3.63, 3.8) is 0 Å². The minimum absolute atomic E-state index is 0.0209. The number of furan rings is 2. The zero-order chi connectivity index (χ0) is 20.3. The molecular weight excluding hydrogens is 356 g/mol. The van der Waals surface area contributed by atoms with Crippen LogP contribution in [0.3, 0.4) is 0 Å². The van der Waals surface area contributed by atoms with Gasteiger partial charge in [0.1, 0.15) is 11.2 Å². The molecule has 0 radical (unpaired) electrons. The Labute approximate surface area is 162 Å². The van der Waals surface area contributed by atoms with Crippen LogP contribution in [0.2, 0.25) is 0 Å². The second-order valence-electron chi connectivity index (χ2n) is 6.26. The Morgan fingerprint density at radius 2 is 1.07 bits per heavy atom. The van der Waals surface area contributed by atoms with E-state index >= 15 is 0 Å². The average molecular weight is 378 g/mol. The van der Waals surface area contributed by atoms with Crippen molar-refractivity contribution in [2.75, 3.05) is 24.7 Å². The molecule has 4 aromatic rings. The van der Waals surface area contributed by atoms with Crippen molar-refractivity contribution in [1.29, 1.82) is 0 Å². The van der Waals surface area contributed by atoms with E-state index < -0.39 is 0 Å². The Kier molecular flexibility index (Phi) is 5.49. The summed E-state index contributed by atoms with van der Waals surface area (Å²) in [5, 5.41) is 7.99. The molecule has 0 aliphatic heterocycles. The smallest absolute Gasteiger partial charge is 0.163 e. The van der Waals surface area contributed by atoms with Crippen LogP contribution in [-0.4, -0.2) is 25.7 Å². The van der Waals surface area contributed by atoms with Gasteiger partial charge >= 0.3 is 0 Å². The molecule has 0 spiro atoms. The molecule has 2 aromatic heterocycles. The van der Waals surface area contributed by atoms with Crippen LogP contribution in [0, 0.1) is 0 Å². The molecule has 2 aromatic carbocycles. The molecule has 0 amide bonds. The van der Waals surface area contributed by atoms with Crippen LogP contribution in [0.25, 0.3) is 21.9 Å². The first kappa shape index (κ1) is 19.2. The minimum Gasteiger partial charge on any atom is -0.463 e. The van der Waals surface area contributed by atoms with E-state index in [-0.39, 0.29) is 11.6 Å². The number of carbonyl (C=O) groups excluding carboxylic acids is 2. The molecule has 2 heterocycles. The summed E-state index contributed by atoms with van der Waals surface area (Å²) in [6.45, 7) is 3.08. The highest BCUT2D eigenvalue weighted by atomic mass is 16.3. The summed E-state index contributed by atoms with van der Waals surface area (Å²) in [6, 6.07) is 11.0. The summed E-state index contributed by atoms with van der Waals surface area (Å²) in [6.07, 6.45) is 3.19. The lowest BCUT2D eigenvalue weighted by molar-refractivity contribution is 0.101. The standard InChI is InChI=1S/2C11H11NO2/c2*1-7(13)8-3-4-10(12-2)9-5-6-14-11(8)9/h2*3-6,12H,1-2H3. The van der Waals surface area contributed by atoms with Crippen LogP contribution in [0.4, 0.5) is 11.4 Å². The van der Waals surface area contributed by atoms with E-state index in [1.807, 2.05) is 38.4 Å². The van der Waals surface area contributed by atoms with E-state index in [0.717, 1.165) is 22.1 Å². The fourth-order valence-electron chi connectivity index (χ4n) is 3.11. The Balaban J connectivity index is 0.000000161. The highest BCUT2D eigenvalue weighted by molar-refractivity contribution is 6.08. The summed E-state index contributed by atoms with van der Waals surface area (Å²) in [7, 11) is 3.68. The van der Waals surface area contributed by atoms with Crippen LogP contribution >= 0.6 is 0 Å². The number of rotatable bonds is 4. The Bertz CT molecular complexity index is 1060. The highest BCUT2D eigenvalue weighted by Crippen LogP contribution is 2.28. The lowest BCUT2D eigenvalue weighted by atomic mass is 10.1. The number of ketones is 2. The number of Topliss-reactive ketones (excluding diaryl/α,β-unsaturated/α-hetero) is 2. The first-order valence-corrected chi connectivity index (χ1v) is 8.85. The van der Waals surface area contributed by atoms with Crippen molar-refractivity contribution in [1.82, 2.24) is 0 Å².